The van der Waals surface area contributed by atoms with E-state index in [0.29, 0.717) is 23.7 Å². The molecule has 0 aliphatic rings. The highest BCUT2D eigenvalue weighted by molar-refractivity contribution is 5.97. The molecular weight excluding hydrogens is 326 g/mol. The van der Waals surface area contributed by atoms with Crippen molar-refractivity contribution in [1.29, 1.82) is 0 Å². The van der Waals surface area contributed by atoms with Crippen LogP contribution < -0.4 is 16.0 Å². The normalized spacial score (nSPS) is 10.5. The zero-order valence-electron chi connectivity index (χ0n) is 15.8. The Morgan fingerprint density at radius 2 is 1.46 bits per heavy atom. The second-order valence-corrected chi connectivity index (χ2v) is 6.52. The van der Waals surface area contributed by atoms with E-state index in [4.69, 9.17) is 0 Å². The molecule has 0 saturated heterocycles. The van der Waals surface area contributed by atoms with E-state index in [9.17, 15) is 9.59 Å². The average molecular weight is 353 g/mol. The maximum atomic E-state index is 12.3. The Bertz CT molecular complexity index is 785. The third kappa shape index (κ3) is 5.09. The number of nitrogens with one attached hydrogen (secondary N) is 3. The lowest BCUT2D eigenvalue weighted by Crippen LogP contribution is -2.23. The molecule has 0 spiro atoms. The Morgan fingerprint density at radius 1 is 0.885 bits per heavy atom. The molecule has 138 valence electrons. The molecule has 0 fully saturated rings. The van der Waals surface area contributed by atoms with Crippen LogP contribution in [0.5, 0.6) is 0 Å². The van der Waals surface area contributed by atoms with Crippen molar-refractivity contribution < 1.29 is 9.59 Å². The van der Waals surface area contributed by atoms with Gasteiger partial charge in [0, 0.05) is 23.5 Å². The molecule has 0 aliphatic heterocycles. The second-order valence-electron chi connectivity index (χ2n) is 6.52. The van der Waals surface area contributed by atoms with Gasteiger partial charge >= 0.3 is 0 Å². The first-order valence-corrected chi connectivity index (χ1v) is 8.94. The number of hydrogen-bond acceptors (Lipinski definition) is 3. The molecule has 2 aromatic carbocycles. The largest absolute Gasteiger partial charge is 0.376 e. The van der Waals surface area contributed by atoms with Crippen molar-refractivity contribution in [2.75, 3.05) is 22.5 Å². The van der Waals surface area contributed by atoms with E-state index in [2.05, 4.69) is 35.9 Å². The Morgan fingerprint density at radius 3 is 2.08 bits per heavy atom. The minimum atomic E-state index is -0.134. The van der Waals surface area contributed by atoms with Crippen molar-refractivity contribution in [3.8, 4) is 0 Å². The van der Waals surface area contributed by atoms with Crippen molar-refractivity contribution in [3.05, 3.63) is 53.6 Å². The quantitative estimate of drug-likeness (QED) is 0.685. The summed E-state index contributed by atoms with van der Waals surface area (Å²) in [5, 5.41) is 8.96. The summed E-state index contributed by atoms with van der Waals surface area (Å²) in [5.41, 5.74) is 4.40. The van der Waals surface area contributed by atoms with Gasteiger partial charge in [-0.15, -0.1) is 0 Å². The molecule has 0 aliphatic carbocycles. The second kappa shape index (κ2) is 9.04. The fourth-order valence-corrected chi connectivity index (χ4v) is 2.68. The van der Waals surface area contributed by atoms with Gasteiger partial charge in [-0.25, -0.2) is 0 Å². The summed E-state index contributed by atoms with van der Waals surface area (Å²) in [6.07, 6.45) is 0.412. The zero-order chi connectivity index (χ0) is 19.1. The van der Waals surface area contributed by atoms with Gasteiger partial charge in [0.05, 0.1) is 6.54 Å². The molecule has 2 aromatic rings. The van der Waals surface area contributed by atoms with Gasteiger partial charge in [-0.3, -0.25) is 9.59 Å². The standard InChI is InChI=1S/C21H27N3O2/c1-5-20(25)23-17-11-8-12-18(15(17)4)24-21(26)13-22-19-10-7-6-9-16(19)14(2)3/h6-12,14,22H,5,13H2,1-4H3,(H,23,25)(H,24,26). The first-order valence-electron chi connectivity index (χ1n) is 8.94. The zero-order valence-corrected chi connectivity index (χ0v) is 15.8. The summed E-state index contributed by atoms with van der Waals surface area (Å²) < 4.78 is 0. The van der Waals surface area contributed by atoms with E-state index in [-0.39, 0.29) is 18.4 Å². The predicted octanol–water partition coefficient (Wildman–Crippen LogP) is 4.52. The highest BCUT2D eigenvalue weighted by Crippen LogP contribution is 2.25. The van der Waals surface area contributed by atoms with E-state index < -0.39 is 0 Å². The van der Waals surface area contributed by atoms with Crippen LogP contribution in [-0.4, -0.2) is 18.4 Å². The lowest BCUT2D eigenvalue weighted by atomic mass is 10.0. The fourth-order valence-electron chi connectivity index (χ4n) is 2.68. The van der Waals surface area contributed by atoms with Gasteiger partial charge in [0.15, 0.2) is 0 Å². The van der Waals surface area contributed by atoms with Gasteiger partial charge in [-0.05, 0) is 42.2 Å². The van der Waals surface area contributed by atoms with Crippen molar-refractivity contribution in [2.24, 2.45) is 0 Å². The number of carbonyl (C=O) groups is 2. The van der Waals surface area contributed by atoms with E-state index in [0.717, 1.165) is 11.3 Å². The average Bonchev–Trinajstić information content (AvgIpc) is 2.63. The molecule has 0 bridgehead atoms. The SMILES string of the molecule is CCC(=O)Nc1cccc(NC(=O)CNc2ccccc2C(C)C)c1C. The van der Waals surface area contributed by atoms with Crippen molar-refractivity contribution in [1.82, 2.24) is 0 Å². The molecule has 2 amide bonds. The number of amides is 2. The lowest BCUT2D eigenvalue weighted by Gasteiger charge is -2.16. The van der Waals surface area contributed by atoms with E-state index in [1.165, 1.54) is 5.56 Å². The van der Waals surface area contributed by atoms with E-state index in [1.807, 2.05) is 43.3 Å². The molecule has 5 heteroatoms. The molecule has 0 saturated carbocycles. The molecule has 0 atom stereocenters. The molecule has 0 radical (unpaired) electrons. The minimum Gasteiger partial charge on any atom is -0.376 e. The maximum absolute atomic E-state index is 12.3. The predicted molar refractivity (Wildman–Crippen MR) is 108 cm³/mol. The van der Waals surface area contributed by atoms with Crippen molar-refractivity contribution in [2.45, 2.75) is 40.0 Å². The van der Waals surface area contributed by atoms with E-state index in [1.54, 1.807) is 6.92 Å². The van der Waals surface area contributed by atoms with E-state index >= 15 is 0 Å². The van der Waals surface area contributed by atoms with Gasteiger partial charge < -0.3 is 16.0 Å². The number of rotatable bonds is 7. The van der Waals surface area contributed by atoms with Crippen LogP contribution in [0, 0.1) is 6.92 Å². The lowest BCUT2D eigenvalue weighted by molar-refractivity contribution is -0.116. The summed E-state index contributed by atoms with van der Waals surface area (Å²) >= 11 is 0. The molecule has 0 heterocycles. The van der Waals surface area contributed by atoms with Crippen LogP contribution in [0.25, 0.3) is 0 Å². The Balaban J connectivity index is 2.02. The molecule has 0 aromatic heterocycles. The first-order chi connectivity index (χ1) is 12.4. The minimum absolute atomic E-state index is 0.0523. The topological polar surface area (TPSA) is 70.2 Å². The Kier molecular flexibility index (Phi) is 6.78. The van der Waals surface area contributed by atoms with Gasteiger partial charge in [0.2, 0.25) is 11.8 Å². The van der Waals surface area contributed by atoms with Gasteiger partial charge in [0.25, 0.3) is 0 Å². The smallest absolute Gasteiger partial charge is 0.243 e. The molecule has 2 rings (SSSR count). The third-order valence-corrected chi connectivity index (χ3v) is 4.23. The summed E-state index contributed by atoms with van der Waals surface area (Å²) in [5.74, 6) is 0.192. The van der Waals surface area contributed by atoms with Gasteiger partial charge in [0.1, 0.15) is 0 Å². The summed E-state index contributed by atoms with van der Waals surface area (Å²) in [6, 6.07) is 13.5. The summed E-state index contributed by atoms with van der Waals surface area (Å²) in [4.78, 5) is 24.0. The van der Waals surface area contributed by atoms with Crippen molar-refractivity contribution in [3.63, 3.8) is 0 Å². The first kappa shape index (κ1) is 19.5. The number of anilines is 3. The monoisotopic (exact) mass is 353 g/mol. The molecule has 5 nitrogen and oxygen atoms in total. The number of para-hydroxylation sites is 1. The van der Waals surface area contributed by atoms with Gasteiger partial charge in [-0.1, -0.05) is 45.0 Å². The molecule has 3 N–H and O–H groups in total. The van der Waals surface area contributed by atoms with Crippen LogP contribution in [0.1, 0.15) is 44.2 Å². The van der Waals surface area contributed by atoms with Crippen LogP contribution in [0.2, 0.25) is 0 Å². The van der Waals surface area contributed by atoms with Crippen LogP contribution in [0.15, 0.2) is 42.5 Å². The third-order valence-electron chi connectivity index (χ3n) is 4.23. The molecule has 26 heavy (non-hydrogen) atoms. The van der Waals surface area contributed by atoms with Crippen molar-refractivity contribution >= 4 is 28.9 Å². The Hall–Kier alpha value is -2.82. The number of carbonyl (C=O) groups excluding carboxylic acids is 2. The maximum Gasteiger partial charge on any atom is 0.243 e. The van der Waals surface area contributed by atoms with Crippen LogP contribution in [0.3, 0.4) is 0 Å². The molecule has 0 unspecified atom stereocenters. The van der Waals surface area contributed by atoms with Crippen LogP contribution in [0.4, 0.5) is 17.1 Å². The summed E-state index contributed by atoms with van der Waals surface area (Å²) in [6.45, 7) is 8.11. The van der Waals surface area contributed by atoms with Crippen LogP contribution >= 0.6 is 0 Å². The summed E-state index contributed by atoms with van der Waals surface area (Å²) in [7, 11) is 0. The fraction of sp³-hybridized carbons (Fsp3) is 0.333. The Labute approximate surface area is 155 Å². The van der Waals surface area contributed by atoms with Crippen LogP contribution in [-0.2, 0) is 9.59 Å². The molecular formula is C21H27N3O2. The highest BCUT2D eigenvalue weighted by Gasteiger charge is 2.11. The highest BCUT2D eigenvalue weighted by atomic mass is 16.2. The van der Waals surface area contributed by atoms with Gasteiger partial charge in [-0.2, -0.15) is 0 Å². The number of hydrogen-bond donors (Lipinski definition) is 3. The number of benzene rings is 2.